The van der Waals surface area contributed by atoms with Crippen LogP contribution in [0.1, 0.15) is 19.4 Å². The Morgan fingerprint density at radius 2 is 2.00 bits per heavy atom. The van der Waals surface area contributed by atoms with E-state index in [0.29, 0.717) is 5.92 Å². The highest BCUT2D eigenvalue weighted by atomic mass is 35.5. The predicted molar refractivity (Wildman–Crippen MR) is 66.6 cm³/mol. The fraction of sp³-hybridized carbons (Fsp3) is 0.308. The third-order valence-corrected chi connectivity index (χ3v) is 2.87. The smallest absolute Gasteiger partial charge is 0.0583 e. The third kappa shape index (κ3) is 1.98. The van der Waals surface area contributed by atoms with Crippen LogP contribution in [-0.2, 0) is 0 Å². The molecule has 0 amide bonds. The zero-order valence-electron chi connectivity index (χ0n) is 9.00. The summed E-state index contributed by atoms with van der Waals surface area (Å²) < 4.78 is 0. The highest BCUT2D eigenvalue weighted by molar-refractivity contribution is 6.36. The molecule has 1 aliphatic rings. The number of halogens is 1. The Balaban J connectivity index is 2.41. The Morgan fingerprint density at radius 3 is 2.67 bits per heavy atom. The van der Waals surface area contributed by atoms with Crippen molar-refractivity contribution in [3.05, 3.63) is 40.9 Å². The summed E-state index contributed by atoms with van der Waals surface area (Å²) in [4.78, 5) is 4.50. The number of nitrogens with zero attached hydrogens (tertiary/aromatic N) is 1. The molecule has 0 saturated heterocycles. The average molecular weight is 220 g/mol. The van der Waals surface area contributed by atoms with Gasteiger partial charge >= 0.3 is 0 Å². The molecule has 1 aromatic carbocycles. The van der Waals surface area contributed by atoms with Crippen LogP contribution in [0.3, 0.4) is 0 Å². The molecule has 0 spiro atoms. The quantitative estimate of drug-likeness (QED) is 0.717. The first-order chi connectivity index (χ1) is 7.20. The molecule has 0 aliphatic carbocycles. The van der Waals surface area contributed by atoms with Crippen molar-refractivity contribution < 1.29 is 0 Å². The van der Waals surface area contributed by atoms with Gasteiger partial charge in [0.05, 0.1) is 6.54 Å². The Labute approximate surface area is 95.5 Å². The van der Waals surface area contributed by atoms with E-state index in [0.717, 1.165) is 17.1 Å². The van der Waals surface area contributed by atoms with Gasteiger partial charge in [0, 0.05) is 21.9 Å². The molecule has 15 heavy (non-hydrogen) atoms. The van der Waals surface area contributed by atoms with Crippen molar-refractivity contribution in [1.82, 2.24) is 0 Å². The number of rotatable bonds is 2. The van der Waals surface area contributed by atoms with Gasteiger partial charge in [-0.2, -0.15) is 0 Å². The first-order valence-corrected chi connectivity index (χ1v) is 5.57. The van der Waals surface area contributed by atoms with Gasteiger partial charge in [-0.15, -0.1) is 0 Å². The molecule has 0 radical (unpaired) electrons. The number of aliphatic imine (C=N–C) groups is 1. The Hall–Kier alpha value is -1.08. The van der Waals surface area contributed by atoms with Crippen LogP contribution in [0, 0.1) is 5.92 Å². The minimum atomic E-state index is 0.454. The van der Waals surface area contributed by atoms with Gasteiger partial charge in [0.25, 0.3) is 0 Å². The number of allylic oxidation sites excluding steroid dienone is 1. The second kappa shape index (κ2) is 4.19. The zero-order chi connectivity index (χ0) is 10.8. The highest BCUT2D eigenvalue weighted by Crippen LogP contribution is 2.29. The van der Waals surface area contributed by atoms with Crippen molar-refractivity contribution in [3.8, 4) is 0 Å². The minimum absolute atomic E-state index is 0.454. The monoisotopic (exact) mass is 219 g/mol. The van der Waals surface area contributed by atoms with Crippen LogP contribution in [0.5, 0.6) is 0 Å². The van der Waals surface area contributed by atoms with Gasteiger partial charge in [-0.3, -0.25) is 4.99 Å². The molecule has 0 N–H and O–H groups in total. The van der Waals surface area contributed by atoms with Crippen LogP contribution < -0.4 is 0 Å². The van der Waals surface area contributed by atoms with Crippen LogP contribution in [0.15, 0.2) is 35.3 Å². The summed E-state index contributed by atoms with van der Waals surface area (Å²) >= 11 is 6.18. The fourth-order valence-electron chi connectivity index (χ4n) is 1.85. The first kappa shape index (κ1) is 10.4. The van der Waals surface area contributed by atoms with E-state index in [1.54, 1.807) is 0 Å². The van der Waals surface area contributed by atoms with E-state index in [-0.39, 0.29) is 0 Å². The van der Waals surface area contributed by atoms with Gasteiger partial charge in [-0.1, -0.05) is 49.7 Å². The maximum atomic E-state index is 6.18. The molecular formula is C13H14ClN. The Kier molecular flexibility index (Phi) is 2.92. The number of hydrogen-bond acceptors (Lipinski definition) is 1. The van der Waals surface area contributed by atoms with Gasteiger partial charge in [0.15, 0.2) is 0 Å². The van der Waals surface area contributed by atoms with Crippen molar-refractivity contribution in [3.63, 3.8) is 0 Å². The summed E-state index contributed by atoms with van der Waals surface area (Å²) in [6.45, 7) is 5.11. The van der Waals surface area contributed by atoms with E-state index in [1.165, 1.54) is 11.3 Å². The molecule has 0 atom stereocenters. The van der Waals surface area contributed by atoms with E-state index in [9.17, 15) is 0 Å². The van der Waals surface area contributed by atoms with Crippen LogP contribution in [0.25, 0.3) is 5.57 Å². The molecule has 0 aromatic heterocycles. The van der Waals surface area contributed by atoms with Crippen LogP contribution >= 0.6 is 11.6 Å². The van der Waals surface area contributed by atoms with Crippen LogP contribution in [0.2, 0.25) is 5.02 Å². The first-order valence-electron chi connectivity index (χ1n) is 5.20. The summed E-state index contributed by atoms with van der Waals surface area (Å²) in [6.07, 6.45) is 2.15. The number of benzene rings is 1. The van der Waals surface area contributed by atoms with E-state index >= 15 is 0 Å². The summed E-state index contributed by atoms with van der Waals surface area (Å²) in [6, 6.07) is 7.94. The second-order valence-electron chi connectivity index (χ2n) is 3.98. The molecule has 1 heterocycles. The second-order valence-corrected chi connectivity index (χ2v) is 4.39. The normalized spacial score (nSPS) is 15.5. The Bertz CT molecular complexity index is 430. The van der Waals surface area contributed by atoms with Gasteiger partial charge in [0.2, 0.25) is 0 Å². The zero-order valence-corrected chi connectivity index (χ0v) is 9.75. The summed E-state index contributed by atoms with van der Waals surface area (Å²) in [5.74, 6) is 0.454. The molecular weight excluding hydrogens is 206 g/mol. The van der Waals surface area contributed by atoms with Gasteiger partial charge in [-0.25, -0.2) is 0 Å². The summed E-state index contributed by atoms with van der Waals surface area (Å²) in [5, 5.41) is 0.805. The molecule has 1 aliphatic heterocycles. The molecule has 0 fully saturated rings. The average Bonchev–Trinajstić information content (AvgIpc) is 2.67. The van der Waals surface area contributed by atoms with Crippen molar-refractivity contribution in [2.75, 3.05) is 6.54 Å². The molecule has 0 bridgehead atoms. The van der Waals surface area contributed by atoms with E-state index in [2.05, 4.69) is 31.0 Å². The SMILES string of the molecule is CC(C)C1=NCC=C1c1ccccc1Cl. The van der Waals surface area contributed by atoms with Crippen molar-refractivity contribution in [2.24, 2.45) is 10.9 Å². The van der Waals surface area contributed by atoms with E-state index in [1.807, 2.05) is 18.2 Å². The lowest BCUT2D eigenvalue weighted by Gasteiger charge is -2.11. The molecule has 78 valence electrons. The molecule has 2 rings (SSSR count). The lowest BCUT2D eigenvalue weighted by molar-refractivity contribution is 0.889. The summed E-state index contributed by atoms with van der Waals surface area (Å²) in [5.41, 5.74) is 3.47. The lowest BCUT2D eigenvalue weighted by Crippen LogP contribution is -2.07. The third-order valence-electron chi connectivity index (χ3n) is 2.54. The van der Waals surface area contributed by atoms with E-state index < -0.39 is 0 Å². The van der Waals surface area contributed by atoms with Crippen LogP contribution in [0.4, 0.5) is 0 Å². The van der Waals surface area contributed by atoms with Gasteiger partial charge < -0.3 is 0 Å². The number of hydrogen-bond donors (Lipinski definition) is 0. The maximum Gasteiger partial charge on any atom is 0.0583 e. The van der Waals surface area contributed by atoms with Crippen molar-refractivity contribution in [2.45, 2.75) is 13.8 Å². The van der Waals surface area contributed by atoms with E-state index in [4.69, 9.17) is 11.6 Å². The fourth-order valence-corrected chi connectivity index (χ4v) is 2.08. The largest absolute Gasteiger partial charge is 0.285 e. The molecule has 0 saturated carbocycles. The summed E-state index contributed by atoms with van der Waals surface area (Å²) in [7, 11) is 0. The lowest BCUT2D eigenvalue weighted by atomic mass is 9.95. The van der Waals surface area contributed by atoms with Gasteiger partial charge in [0.1, 0.15) is 0 Å². The highest BCUT2D eigenvalue weighted by Gasteiger charge is 2.18. The topological polar surface area (TPSA) is 12.4 Å². The van der Waals surface area contributed by atoms with Crippen LogP contribution in [-0.4, -0.2) is 12.3 Å². The maximum absolute atomic E-state index is 6.18. The Morgan fingerprint density at radius 1 is 1.27 bits per heavy atom. The molecule has 1 aromatic rings. The van der Waals surface area contributed by atoms with Crippen molar-refractivity contribution in [1.29, 1.82) is 0 Å². The molecule has 0 unspecified atom stereocenters. The minimum Gasteiger partial charge on any atom is -0.285 e. The molecule has 1 nitrogen and oxygen atoms in total. The molecule has 2 heteroatoms. The van der Waals surface area contributed by atoms with Crippen molar-refractivity contribution >= 4 is 22.9 Å². The standard InChI is InChI=1S/C13H14ClN/c1-9(2)13-11(7-8-15-13)10-5-3-4-6-12(10)14/h3-7,9H,8H2,1-2H3. The van der Waals surface area contributed by atoms with Gasteiger partial charge in [-0.05, 0) is 12.0 Å². The predicted octanol–water partition coefficient (Wildman–Crippen LogP) is 3.83.